The molecule has 148 valence electrons. The van der Waals surface area contributed by atoms with E-state index >= 15 is 0 Å². The molecule has 4 rings (SSSR count). The van der Waals surface area contributed by atoms with Crippen LogP contribution in [0.1, 0.15) is 43.1 Å². The van der Waals surface area contributed by atoms with Gasteiger partial charge in [-0.3, -0.25) is 9.48 Å². The van der Waals surface area contributed by atoms with Crippen LogP contribution in [0.3, 0.4) is 0 Å². The highest BCUT2D eigenvalue weighted by molar-refractivity contribution is 6.02. The van der Waals surface area contributed by atoms with E-state index < -0.39 is 0 Å². The SMILES string of the molecule is CC(C)NC(=O)c1ccc2c(-c3cnn(C4CCNCC4)c3)cccc2c1.Cl. The summed E-state index contributed by atoms with van der Waals surface area (Å²) in [6.45, 7) is 6.04. The zero-order valence-corrected chi connectivity index (χ0v) is 17.1. The summed E-state index contributed by atoms with van der Waals surface area (Å²) in [6.07, 6.45) is 6.34. The number of rotatable bonds is 4. The van der Waals surface area contributed by atoms with Gasteiger partial charge in [-0.25, -0.2) is 0 Å². The molecule has 2 heterocycles. The van der Waals surface area contributed by atoms with Gasteiger partial charge in [0.25, 0.3) is 5.91 Å². The Morgan fingerprint density at radius 1 is 1.21 bits per heavy atom. The van der Waals surface area contributed by atoms with E-state index in [2.05, 4.69) is 38.7 Å². The molecule has 0 radical (unpaired) electrons. The summed E-state index contributed by atoms with van der Waals surface area (Å²) >= 11 is 0. The fraction of sp³-hybridized carbons (Fsp3) is 0.364. The Bertz CT molecular complexity index is 960. The Morgan fingerprint density at radius 2 is 2.00 bits per heavy atom. The predicted molar refractivity (Wildman–Crippen MR) is 116 cm³/mol. The van der Waals surface area contributed by atoms with Gasteiger partial charge in [-0.2, -0.15) is 5.10 Å². The third-order valence-electron chi connectivity index (χ3n) is 5.16. The topological polar surface area (TPSA) is 59.0 Å². The van der Waals surface area contributed by atoms with Gasteiger partial charge in [-0.05, 0) is 68.2 Å². The van der Waals surface area contributed by atoms with E-state index in [1.165, 1.54) is 0 Å². The van der Waals surface area contributed by atoms with E-state index in [0.717, 1.165) is 47.8 Å². The lowest BCUT2D eigenvalue weighted by Gasteiger charge is -2.22. The highest BCUT2D eigenvalue weighted by Crippen LogP contribution is 2.30. The Hall–Kier alpha value is -2.37. The summed E-state index contributed by atoms with van der Waals surface area (Å²) in [7, 11) is 0. The minimum atomic E-state index is -0.0315. The van der Waals surface area contributed by atoms with Crippen molar-refractivity contribution in [1.82, 2.24) is 20.4 Å². The predicted octanol–water partition coefficient (Wildman–Crippen LogP) is 4.19. The molecule has 1 aliphatic rings. The molecule has 2 aromatic carbocycles. The Morgan fingerprint density at radius 3 is 2.75 bits per heavy atom. The van der Waals surface area contributed by atoms with Gasteiger partial charge < -0.3 is 10.6 Å². The molecule has 0 aliphatic carbocycles. The van der Waals surface area contributed by atoms with Crippen LogP contribution in [-0.2, 0) is 0 Å². The number of carbonyl (C=O) groups is 1. The van der Waals surface area contributed by atoms with Crippen LogP contribution in [0.5, 0.6) is 0 Å². The molecular weight excluding hydrogens is 372 g/mol. The fourth-order valence-corrected chi connectivity index (χ4v) is 3.77. The minimum Gasteiger partial charge on any atom is -0.350 e. The average molecular weight is 399 g/mol. The van der Waals surface area contributed by atoms with Crippen molar-refractivity contribution >= 4 is 29.1 Å². The quantitative estimate of drug-likeness (QED) is 0.692. The molecule has 1 saturated heterocycles. The summed E-state index contributed by atoms with van der Waals surface area (Å²) in [5.41, 5.74) is 2.97. The van der Waals surface area contributed by atoms with Crippen LogP contribution in [0.4, 0.5) is 0 Å². The molecular formula is C22H27ClN4O. The first-order valence-corrected chi connectivity index (χ1v) is 9.71. The first-order valence-electron chi connectivity index (χ1n) is 9.71. The van der Waals surface area contributed by atoms with Gasteiger partial charge in [0.15, 0.2) is 0 Å². The Kier molecular flexibility index (Phi) is 6.37. The lowest BCUT2D eigenvalue weighted by atomic mass is 9.98. The second-order valence-corrected chi connectivity index (χ2v) is 7.56. The summed E-state index contributed by atoms with van der Waals surface area (Å²) in [5, 5.41) is 13.2. The second kappa shape index (κ2) is 8.76. The van der Waals surface area contributed by atoms with Crippen LogP contribution in [0.15, 0.2) is 48.8 Å². The maximum absolute atomic E-state index is 12.3. The molecule has 6 heteroatoms. The van der Waals surface area contributed by atoms with Crippen molar-refractivity contribution in [3.8, 4) is 11.1 Å². The first-order chi connectivity index (χ1) is 13.1. The van der Waals surface area contributed by atoms with Gasteiger partial charge in [-0.1, -0.05) is 24.3 Å². The lowest BCUT2D eigenvalue weighted by Crippen LogP contribution is -2.29. The van der Waals surface area contributed by atoms with Gasteiger partial charge >= 0.3 is 0 Å². The van der Waals surface area contributed by atoms with Crippen LogP contribution in [-0.4, -0.2) is 34.8 Å². The average Bonchev–Trinajstić information content (AvgIpc) is 3.17. The number of fused-ring (bicyclic) bond motifs is 1. The van der Waals surface area contributed by atoms with Crippen LogP contribution in [0, 0.1) is 0 Å². The molecule has 3 aromatic rings. The molecule has 0 saturated carbocycles. The third-order valence-corrected chi connectivity index (χ3v) is 5.16. The van der Waals surface area contributed by atoms with Crippen LogP contribution >= 0.6 is 12.4 Å². The zero-order valence-electron chi connectivity index (χ0n) is 16.3. The molecule has 1 fully saturated rings. The van der Waals surface area contributed by atoms with E-state index in [9.17, 15) is 4.79 Å². The molecule has 0 spiro atoms. The molecule has 28 heavy (non-hydrogen) atoms. The molecule has 2 N–H and O–H groups in total. The third kappa shape index (κ3) is 4.21. The molecule has 1 amide bonds. The number of nitrogens with zero attached hydrogens (tertiary/aromatic N) is 2. The van der Waals surface area contributed by atoms with Crippen molar-refractivity contribution in [3.63, 3.8) is 0 Å². The monoisotopic (exact) mass is 398 g/mol. The highest BCUT2D eigenvalue weighted by Gasteiger charge is 2.17. The number of nitrogens with one attached hydrogen (secondary N) is 2. The smallest absolute Gasteiger partial charge is 0.251 e. The number of benzene rings is 2. The number of hydrogen-bond acceptors (Lipinski definition) is 3. The molecule has 0 atom stereocenters. The van der Waals surface area contributed by atoms with Gasteiger partial charge in [0.2, 0.25) is 0 Å². The van der Waals surface area contributed by atoms with Crippen molar-refractivity contribution in [2.75, 3.05) is 13.1 Å². The molecule has 0 unspecified atom stereocenters. The van der Waals surface area contributed by atoms with Crippen molar-refractivity contribution in [2.45, 2.75) is 38.8 Å². The lowest BCUT2D eigenvalue weighted by molar-refractivity contribution is 0.0943. The molecule has 0 bridgehead atoms. The number of amides is 1. The van der Waals surface area contributed by atoms with Gasteiger partial charge in [0.05, 0.1) is 12.2 Å². The summed E-state index contributed by atoms with van der Waals surface area (Å²) in [4.78, 5) is 12.3. The zero-order chi connectivity index (χ0) is 18.8. The van der Waals surface area contributed by atoms with E-state index in [1.807, 2.05) is 44.3 Å². The number of piperidine rings is 1. The number of hydrogen-bond donors (Lipinski definition) is 2. The standard InChI is InChI=1S/C22H26N4O.ClH/c1-15(2)25-22(27)17-6-7-21-16(12-17)4-3-5-20(21)18-13-24-26(14-18)19-8-10-23-11-9-19;/h3-7,12-15,19,23H,8-11H2,1-2H3,(H,25,27);1H. The van der Waals surface area contributed by atoms with Crippen molar-refractivity contribution in [1.29, 1.82) is 0 Å². The Balaban J connectivity index is 0.00000225. The first kappa shape index (κ1) is 20.4. The summed E-state index contributed by atoms with van der Waals surface area (Å²) < 4.78 is 2.11. The second-order valence-electron chi connectivity index (χ2n) is 7.56. The summed E-state index contributed by atoms with van der Waals surface area (Å²) in [5.74, 6) is -0.0315. The number of carbonyl (C=O) groups excluding carboxylic acids is 1. The molecule has 5 nitrogen and oxygen atoms in total. The number of aromatic nitrogens is 2. The number of halogens is 1. The van der Waals surface area contributed by atoms with Gasteiger partial charge in [0, 0.05) is 23.4 Å². The Labute approximate surface area is 171 Å². The van der Waals surface area contributed by atoms with E-state index in [4.69, 9.17) is 0 Å². The van der Waals surface area contributed by atoms with Gasteiger partial charge in [0.1, 0.15) is 0 Å². The van der Waals surface area contributed by atoms with Crippen LogP contribution < -0.4 is 10.6 Å². The fourth-order valence-electron chi connectivity index (χ4n) is 3.77. The highest BCUT2D eigenvalue weighted by atomic mass is 35.5. The maximum Gasteiger partial charge on any atom is 0.251 e. The van der Waals surface area contributed by atoms with E-state index in [1.54, 1.807) is 0 Å². The van der Waals surface area contributed by atoms with Crippen LogP contribution in [0.25, 0.3) is 21.9 Å². The maximum atomic E-state index is 12.3. The molecule has 1 aliphatic heterocycles. The van der Waals surface area contributed by atoms with Crippen LogP contribution in [0.2, 0.25) is 0 Å². The van der Waals surface area contributed by atoms with Crippen molar-refractivity contribution in [2.24, 2.45) is 0 Å². The van der Waals surface area contributed by atoms with E-state index in [0.29, 0.717) is 11.6 Å². The summed E-state index contributed by atoms with van der Waals surface area (Å²) in [6, 6.07) is 12.7. The van der Waals surface area contributed by atoms with Crippen molar-refractivity contribution in [3.05, 3.63) is 54.4 Å². The van der Waals surface area contributed by atoms with Gasteiger partial charge in [-0.15, -0.1) is 12.4 Å². The largest absolute Gasteiger partial charge is 0.350 e. The van der Waals surface area contributed by atoms with E-state index in [-0.39, 0.29) is 24.4 Å². The molecule has 1 aromatic heterocycles. The van der Waals surface area contributed by atoms with Crippen molar-refractivity contribution < 1.29 is 4.79 Å². The normalized spacial score (nSPS) is 14.8. The minimum absolute atomic E-state index is 0.